The van der Waals surface area contributed by atoms with Crippen molar-refractivity contribution in [3.05, 3.63) is 59.2 Å². The predicted octanol–water partition coefficient (Wildman–Crippen LogP) is 3.98. The first-order valence-electron chi connectivity index (χ1n) is 6.48. The minimum absolute atomic E-state index is 0.0165. The summed E-state index contributed by atoms with van der Waals surface area (Å²) in [6, 6.07) is 12.4. The number of sulfonamides is 1. The van der Waals surface area contributed by atoms with E-state index in [2.05, 4.69) is 5.16 Å². The molecule has 2 aromatic carbocycles. The van der Waals surface area contributed by atoms with Crippen LogP contribution in [0.15, 0.2) is 57.9 Å². The van der Waals surface area contributed by atoms with Crippen LogP contribution in [-0.4, -0.2) is 13.6 Å². The number of benzene rings is 2. The lowest BCUT2D eigenvalue weighted by Gasteiger charge is -2.18. The first-order valence-corrected chi connectivity index (χ1v) is 9.10. The molecular formula is C14H9Cl3N2O4S. The average Bonchev–Trinajstić information content (AvgIpc) is 3.01. The Bertz CT molecular complexity index is 974. The van der Waals surface area contributed by atoms with Crippen molar-refractivity contribution < 1.29 is 17.8 Å². The fraction of sp³-hybridized carbons (Fsp3) is 0.0714. The van der Waals surface area contributed by atoms with E-state index in [0.717, 1.165) is 0 Å². The molecule has 0 amide bonds. The number of hydrogen-bond acceptors (Lipinski definition) is 5. The summed E-state index contributed by atoms with van der Waals surface area (Å²) in [6.45, 7) is 0. The van der Waals surface area contributed by atoms with Crippen LogP contribution in [0.5, 0.6) is 0 Å². The maximum absolute atomic E-state index is 12.2. The van der Waals surface area contributed by atoms with Gasteiger partial charge in [-0.1, -0.05) is 69.1 Å². The molecule has 0 atom stereocenters. The van der Waals surface area contributed by atoms with Crippen LogP contribution in [0.4, 0.5) is 0 Å². The molecule has 0 saturated carbocycles. The minimum atomic E-state index is -3.98. The molecular weight excluding hydrogens is 399 g/mol. The second-order valence-corrected chi connectivity index (χ2v) is 7.97. The average molecular weight is 408 g/mol. The first kappa shape index (κ1) is 17.5. The smallest absolute Gasteiger partial charge is 0.283 e. The van der Waals surface area contributed by atoms with Gasteiger partial charge in [0.2, 0.25) is 0 Å². The van der Waals surface area contributed by atoms with Crippen molar-refractivity contribution in [2.24, 2.45) is 0 Å². The third kappa shape index (κ3) is 3.37. The van der Waals surface area contributed by atoms with E-state index >= 15 is 0 Å². The van der Waals surface area contributed by atoms with Gasteiger partial charge in [-0.15, -0.1) is 0 Å². The number of rotatable bonds is 5. The van der Waals surface area contributed by atoms with Gasteiger partial charge >= 0.3 is 0 Å². The van der Waals surface area contributed by atoms with Crippen molar-refractivity contribution in [2.45, 2.75) is 9.41 Å². The Morgan fingerprint density at radius 3 is 2.50 bits per heavy atom. The Morgan fingerprint density at radius 1 is 1.08 bits per heavy atom. The first-order chi connectivity index (χ1) is 11.3. The number of hydrogen-bond donors (Lipinski definition) is 1. The standard InChI is InChI=1S/C14H9Cl3N2O4S/c15-10-7-4-8-11-12(10)13(18-22-11)14(16,17)23-19-24(20,21)9-5-2-1-3-6-9/h1-8,19H. The Morgan fingerprint density at radius 2 is 1.79 bits per heavy atom. The van der Waals surface area contributed by atoms with Crippen LogP contribution in [-0.2, 0) is 19.4 Å². The maximum atomic E-state index is 12.2. The van der Waals surface area contributed by atoms with Gasteiger partial charge in [0.15, 0.2) is 11.3 Å². The number of aromatic nitrogens is 1. The number of fused-ring (bicyclic) bond motifs is 1. The van der Waals surface area contributed by atoms with E-state index in [1.807, 2.05) is 4.89 Å². The zero-order chi connectivity index (χ0) is 17.4. The van der Waals surface area contributed by atoms with E-state index in [1.165, 1.54) is 12.1 Å². The van der Waals surface area contributed by atoms with Crippen LogP contribution < -0.4 is 4.89 Å². The normalized spacial score (nSPS) is 12.6. The van der Waals surface area contributed by atoms with Crippen LogP contribution in [0.25, 0.3) is 11.0 Å². The summed E-state index contributed by atoms with van der Waals surface area (Å²) in [5, 5.41) is 4.32. The highest BCUT2D eigenvalue weighted by Crippen LogP contribution is 2.40. The van der Waals surface area contributed by atoms with Crippen LogP contribution in [0.2, 0.25) is 5.02 Å². The largest absolute Gasteiger partial charge is 0.356 e. The summed E-state index contributed by atoms with van der Waals surface area (Å²) >= 11 is 18.2. The van der Waals surface area contributed by atoms with Crippen molar-refractivity contribution in [1.29, 1.82) is 0 Å². The van der Waals surface area contributed by atoms with Crippen molar-refractivity contribution in [2.75, 3.05) is 0 Å². The molecule has 0 bridgehead atoms. The van der Waals surface area contributed by atoms with Gasteiger partial charge in [-0.2, -0.15) is 0 Å². The van der Waals surface area contributed by atoms with Gasteiger partial charge in [-0.3, -0.25) is 0 Å². The summed E-state index contributed by atoms with van der Waals surface area (Å²) in [7, 11) is -3.98. The molecule has 0 fully saturated rings. The number of alkyl halides is 2. The third-order valence-corrected chi connectivity index (χ3v) is 5.08. The lowest BCUT2D eigenvalue weighted by molar-refractivity contribution is 0.0344. The molecule has 3 aromatic rings. The van der Waals surface area contributed by atoms with Gasteiger partial charge < -0.3 is 4.52 Å². The zero-order valence-corrected chi connectivity index (χ0v) is 14.8. The summed E-state index contributed by atoms with van der Waals surface area (Å²) in [4.78, 5) is 6.82. The molecule has 0 aliphatic rings. The monoisotopic (exact) mass is 406 g/mol. The molecule has 3 rings (SSSR count). The van der Waals surface area contributed by atoms with Gasteiger partial charge in [-0.05, 0) is 24.3 Å². The lowest BCUT2D eigenvalue weighted by Crippen LogP contribution is -2.31. The molecule has 10 heteroatoms. The molecule has 126 valence electrons. The van der Waals surface area contributed by atoms with Gasteiger partial charge in [0.25, 0.3) is 14.5 Å². The second kappa shape index (κ2) is 6.51. The topological polar surface area (TPSA) is 81.4 Å². The molecule has 24 heavy (non-hydrogen) atoms. The van der Waals surface area contributed by atoms with E-state index in [0.29, 0.717) is 11.0 Å². The third-order valence-electron chi connectivity index (χ3n) is 3.06. The molecule has 0 spiro atoms. The molecule has 1 aromatic heterocycles. The van der Waals surface area contributed by atoms with Crippen molar-refractivity contribution in [3.63, 3.8) is 0 Å². The highest BCUT2D eigenvalue weighted by molar-refractivity contribution is 7.89. The van der Waals surface area contributed by atoms with E-state index < -0.39 is 14.5 Å². The fourth-order valence-electron chi connectivity index (χ4n) is 1.95. The van der Waals surface area contributed by atoms with Gasteiger partial charge in [0.1, 0.15) is 0 Å². The highest BCUT2D eigenvalue weighted by Gasteiger charge is 2.37. The molecule has 0 unspecified atom stereocenters. The molecule has 6 nitrogen and oxygen atoms in total. The van der Waals surface area contributed by atoms with Crippen molar-refractivity contribution >= 4 is 55.8 Å². The van der Waals surface area contributed by atoms with Gasteiger partial charge in [0, 0.05) is 0 Å². The number of nitrogens with zero attached hydrogens (tertiary/aromatic N) is 1. The second-order valence-electron chi connectivity index (χ2n) is 4.66. The van der Waals surface area contributed by atoms with E-state index in [-0.39, 0.29) is 15.6 Å². The summed E-state index contributed by atoms with van der Waals surface area (Å²) in [5.41, 5.74) is 0.264. The summed E-state index contributed by atoms with van der Waals surface area (Å²) < 4.78 is 27.2. The molecule has 1 N–H and O–H groups in total. The molecule has 0 saturated heterocycles. The van der Waals surface area contributed by atoms with E-state index in [4.69, 9.17) is 44.2 Å². The molecule has 1 heterocycles. The molecule has 0 aliphatic carbocycles. The fourth-order valence-corrected chi connectivity index (χ4v) is 3.48. The molecule has 0 aliphatic heterocycles. The number of halogens is 3. The van der Waals surface area contributed by atoms with Gasteiger partial charge in [-0.25, -0.2) is 13.3 Å². The van der Waals surface area contributed by atoms with Crippen LogP contribution in [0.1, 0.15) is 5.69 Å². The SMILES string of the molecule is O=S(=O)(NOC(Cl)(Cl)c1noc2cccc(Cl)c12)c1ccccc1. The Kier molecular flexibility index (Phi) is 4.74. The van der Waals surface area contributed by atoms with E-state index in [1.54, 1.807) is 36.4 Å². The lowest BCUT2D eigenvalue weighted by atomic mass is 10.2. The number of nitrogens with one attached hydrogen (secondary N) is 1. The quantitative estimate of drug-likeness (QED) is 0.511. The summed E-state index contributed by atoms with van der Waals surface area (Å²) in [6.07, 6.45) is 0. The van der Waals surface area contributed by atoms with E-state index in [9.17, 15) is 8.42 Å². The van der Waals surface area contributed by atoms with Crippen molar-refractivity contribution in [1.82, 2.24) is 10.0 Å². The Hall–Kier alpha value is -1.35. The minimum Gasteiger partial charge on any atom is -0.356 e. The van der Waals surface area contributed by atoms with Crippen LogP contribution in [0.3, 0.4) is 0 Å². The maximum Gasteiger partial charge on any atom is 0.283 e. The predicted molar refractivity (Wildman–Crippen MR) is 90.3 cm³/mol. The van der Waals surface area contributed by atoms with Crippen molar-refractivity contribution in [3.8, 4) is 0 Å². The summed E-state index contributed by atoms with van der Waals surface area (Å²) in [5.74, 6) is 0. The Labute approximate surface area is 152 Å². The van der Waals surface area contributed by atoms with Gasteiger partial charge in [0.05, 0.1) is 15.3 Å². The highest BCUT2D eigenvalue weighted by atomic mass is 35.5. The van der Waals surface area contributed by atoms with Crippen LogP contribution in [0, 0.1) is 0 Å². The van der Waals surface area contributed by atoms with Crippen LogP contribution >= 0.6 is 34.8 Å². The molecule has 0 radical (unpaired) electrons. The zero-order valence-electron chi connectivity index (χ0n) is 11.7. The Balaban J connectivity index is 1.89.